The molecule has 1 aromatic rings. The second kappa shape index (κ2) is 5.95. The average molecular weight is 255 g/mol. The summed E-state index contributed by atoms with van der Waals surface area (Å²) in [4.78, 5) is 18.1. The smallest absolute Gasteiger partial charge is 0.295 e. The minimum absolute atomic E-state index is 0.246. The van der Waals surface area contributed by atoms with E-state index in [1.54, 1.807) is 0 Å². The Hall–Kier alpha value is -1.17. The number of anilines is 1. The highest BCUT2D eigenvalue weighted by atomic mass is 32.2. The Balaban J connectivity index is 1.98. The van der Waals surface area contributed by atoms with E-state index in [-0.39, 0.29) is 11.3 Å². The summed E-state index contributed by atoms with van der Waals surface area (Å²) in [6.45, 7) is 0.855. The molecule has 1 saturated heterocycles. The van der Waals surface area contributed by atoms with Crippen molar-refractivity contribution in [2.45, 2.75) is 12.8 Å². The molecule has 1 aliphatic rings. The lowest BCUT2D eigenvalue weighted by molar-refractivity contribution is 0.407. The molecule has 1 aliphatic heterocycles. The molecule has 2 rings (SSSR count). The van der Waals surface area contributed by atoms with Gasteiger partial charge in [-0.05, 0) is 30.3 Å². The van der Waals surface area contributed by atoms with Gasteiger partial charge in [-0.15, -0.1) is 0 Å². The molecule has 6 heteroatoms. The monoisotopic (exact) mass is 255 g/mol. The van der Waals surface area contributed by atoms with Gasteiger partial charge in [0.05, 0.1) is 13.4 Å². The topological polar surface area (TPSA) is 67.0 Å². The highest BCUT2D eigenvalue weighted by Gasteiger charge is 2.15. The first-order valence-electron chi connectivity index (χ1n) is 5.74. The predicted octanol–water partition coefficient (Wildman–Crippen LogP) is 1.33. The first-order valence-corrected chi connectivity index (χ1v) is 6.90. The normalized spacial score (nSPS) is 16.8. The third-order valence-corrected chi connectivity index (χ3v) is 3.96. The number of hydrogen-bond acceptors (Lipinski definition) is 5. The van der Waals surface area contributed by atoms with Crippen molar-refractivity contribution in [3.05, 3.63) is 16.7 Å². The molecule has 0 amide bonds. The maximum absolute atomic E-state index is 11.5. The number of thioether (sulfide) groups is 1. The largest absolute Gasteiger partial charge is 0.489 e. The number of hydrogen-bond donors (Lipinski definition) is 2. The number of aromatic nitrogens is 2. The first-order chi connectivity index (χ1) is 8.31. The molecule has 0 unspecified atom stereocenters. The van der Waals surface area contributed by atoms with Gasteiger partial charge in [0, 0.05) is 6.54 Å². The van der Waals surface area contributed by atoms with Gasteiger partial charge < -0.3 is 15.0 Å². The molecular weight excluding hydrogens is 238 g/mol. The van der Waals surface area contributed by atoms with E-state index < -0.39 is 0 Å². The maximum Gasteiger partial charge on any atom is 0.295 e. The van der Waals surface area contributed by atoms with Crippen LogP contribution in [0.25, 0.3) is 0 Å². The van der Waals surface area contributed by atoms with Crippen molar-refractivity contribution in [1.29, 1.82) is 0 Å². The van der Waals surface area contributed by atoms with Crippen LogP contribution in [-0.2, 0) is 0 Å². The number of H-pyrrole nitrogens is 1. The van der Waals surface area contributed by atoms with Crippen LogP contribution in [0, 0.1) is 5.92 Å². The lowest BCUT2D eigenvalue weighted by Gasteiger charge is -2.21. The molecule has 0 aliphatic carbocycles. The van der Waals surface area contributed by atoms with Crippen LogP contribution in [-0.4, -0.2) is 35.1 Å². The van der Waals surface area contributed by atoms with Gasteiger partial charge >= 0.3 is 0 Å². The van der Waals surface area contributed by atoms with E-state index >= 15 is 0 Å². The van der Waals surface area contributed by atoms with Crippen LogP contribution in [0.15, 0.2) is 11.1 Å². The molecule has 5 nitrogen and oxygen atoms in total. The van der Waals surface area contributed by atoms with Crippen LogP contribution in [0.5, 0.6) is 5.75 Å². The van der Waals surface area contributed by atoms with E-state index in [1.807, 2.05) is 11.8 Å². The SMILES string of the molecule is COc1c(NCC2CCSCC2)nc[nH]c1=O. The van der Waals surface area contributed by atoms with Crippen molar-refractivity contribution >= 4 is 17.6 Å². The minimum Gasteiger partial charge on any atom is -0.489 e. The zero-order valence-electron chi connectivity index (χ0n) is 9.86. The van der Waals surface area contributed by atoms with Gasteiger partial charge in [-0.25, -0.2) is 4.98 Å². The standard InChI is InChI=1S/C11H17N3O2S/c1-16-9-10(13-7-14-11(9)15)12-6-8-2-4-17-5-3-8/h7-8H,2-6H2,1H3,(H2,12,13,14,15). The van der Waals surface area contributed by atoms with Crippen molar-refractivity contribution in [3.63, 3.8) is 0 Å². The van der Waals surface area contributed by atoms with Gasteiger partial charge in [0.2, 0.25) is 5.75 Å². The van der Waals surface area contributed by atoms with Crippen molar-refractivity contribution in [2.24, 2.45) is 5.92 Å². The second-order valence-corrected chi connectivity index (χ2v) is 5.27. The third-order valence-electron chi connectivity index (χ3n) is 2.91. The molecule has 94 valence electrons. The van der Waals surface area contributed by atoms with Crippen LogP contribution < -0.4 is 15.6 Å². The molecule has 1 aromatic heterocycles. The quantitative estimate of drug-likeness (QED) is 0.849. The Kier molecular flexibility index (Phi) is 4.30. The van der Waals surface area contributed by atoms with Gasteiger partial charge in [0.1, 0.15) is 0 Å². The molecule has 2 heterocycles. The Morgan fingerprint density at radius 3 is 3.06 bits per heavy atom. The van der Waals surface area contributed by atoms with Gasteiger partial charge in [0.15, 0.2) is 5.82 Å². The average Bonchev–Trinajstić information content (AvgIpc) is 2.37. The highest BCUT2D eigenvalue weighted by molar-refractivity contribution is 7.99. The van der Waals surface area contributed by atoms with E-state index in [4.69, 9.17) is 4.74 Å². The fraction of sp³-hybridized carbons (Fsp3) is 0.636. The van der Waals surface area contributed by atoms with Crippen molar-refractivity contribution in [1.82, 2.24) is 9.97 Å². The highest BCUT2D eigenvalue weighted by Crippen LogP contribution is 2.23. The summed E-state index contributed by atoms with van der Waals surface area (Å²) in [6, 6.07) is 0. The van der Waals surface area contributed by atoms with Crippen molar-refractivity contribution in [3.8, 4) is 5.75 Å². The van der Waals surface area contributed by atoms with E-state index in [0.717, 1.165) is 6.54 Å². The number of rotatable bonds is 4. The second-order valence-electron chi connectivity index (χ2n) is 4.05. The molecule has 0 aromatic carbocycles. The summed E-state index contributed by atoms with van der Waals surface area (Å²) in [5.41, 5.74) is -0.246. The molecule has 0 atom stereocenters. The summed E-state index contributed by atoms with van der Waals surface area (Å²) in [6.07, 6.45) is 3.84. The van der Waals surface area contributed by atoms with Crippen molar-refractivity contribution in [2.75, 3.05) is 30.5 Å². The lowest BCUT2D eigenvalue weighted by Crippen LogP contribution is -2.21. The molecule has 1 fully saturated rings. The van der Waals surface area contributed by atoms with E-state index in [2.05, 4.69) is 15.3 Å². The number of nitrogens with zero attached hydrogens (tertiary/aromatic N) is 1. The van der Waals surface area contributed by atoms with E-state index in [1.165, 1.54) is 37.8 Å². The van der Waals surface area contributed by atoms with Crippen molar-refractivity contribution < 1.29 is 4.74 Å². The Morgan fingerprint density at radius 2 is 2.35 bits per heavy atom. The third kappa shape index (κ3) is 3.15. The van der Waals surface area contributed by atoms with Gasteiger partial charge in [-0.3, -0.25) is 4.79 Å². The fourth-order valence-electron chi connectivity index (χ4n) is 1.89. The summed E-state index contributed by atoms with van der Waals surface area (Å²) in [7, 11) is 1.48. The Labute approximate surface area is 104 Å². The number of methoxy groups -OCH3 is 1. The molecule has 0 bridgehead atoms. The van der Waals surface area contributed by atoms with E-state index in [0.29, 0.717) is 11.7 Å². The number of nitrogens with one attached hydrogen (secondary N) is 2. The Bertz CT molecular complexity index is 415. The molecular formula is C11H17N3O2S. The summed E-state index contributed by atoms with van der Waals surface area (Å²) >= 11 is 2.01. The molecule has 2 N–H and O–H groups in total. The van der Waals surface area contributed by atoms with Crippen LogP contribution >= 0.6 is 11.8 Å². The summed E-state index contributed by atoms with van der Waals surface area (Å²) in [5, 5.41) is 3.21. The molecule has 0 saturated carbocycles. The van der Waals surface area contributed by atoms with E-state index in [9.17, 15) is 4.79 Å². The van der Waals surface area contributed by atoms with Crippen LogP contribution in [0.3, 0.4) is 0 Å². The zero-order valence-corrected chi connectivity index (χ0v) is 10.7. The lowest BCUT2D eigenvalue weighted by atomic mass is 10.0. The fourth-order valence-corrected chi connectivity index (χ4v) is 3.10. The maximum atomic E-state index is 11.5. The summed E-state index contributed by atoms with van der Waals surface area (Å²) in [5.74, 6) is 3.92. The Morgan fingerprint density at radius 1 is 1.59 bits per heavy atom. The van der Waals surface area contributed by atoms with Gasteiger partial charge in [0.25, 0.3) is 5.56 Å². The van der Waals surface area contributed by atoms with Crippen LogP contribution in [0.1, 0.15) is 12.8 Å². The molecule has 17 heavy (non-hydrogen) atoms. The number of aromatic amines is 1. The molecule has 0 radical (unpaired) electrons. The van der Waals surface area contributed by atoms with Gasteiger partial charge in [-0.2, -0.15) is 11.8 Å². The van der Waals surface area contributed by atoms with Gasteiger partial charge in [-0.1, -0.05) is 0 Å². The predicted molar refractivity (Wildman–Crippen MR) is 69.9 cm³/mol. The zero-order chi connectivity index (χ0) is 12.1. The first kappa shape index (κ1) is 12.3. The summed E-state index contributed by atoms with van der Waals surface area (Å²) < 4.78 is 5.04. The number of ether oxygens (including phenoxy) is 1. The minimum atomic E-state index is -0.246. The molecule has 0 spiro atoms. The van der Waals surface area contributed by atoms with Crippen LogP contribution in [0.2, 0.25) is 0 Å². The van der Waals surface area contributed by atoms with Crippen LogP contribution in [0.4, 0.5) is 5.82 Å².